The first-order chi connectivity index (χ1) is 14.1. The average molecular weight is 396 g/mol. The predicted octanol–water partition coefficient (Wildman–Crippen LogP) is 3.44. The monoisotopic (exact) mass is 395 g/mol. The number of nitrogens with one attached hydrogen (secondary N) is 1. The molecule has 1 saturated heterocycles. The lowest BCUT2D eigenvalue weighted by Crippen LogP contribution is -2.47. The van der Waals surface area contributed by atoms with Crippen LogP contribution in [0.25, 0.3) is 0 Å². The van der Waals surface area contributed by atoms with Crippen LogP contribution in [0.2, 0.25) is 0 Å². The van der Waals surface area contributed by atoms with Gasteiger partial charge in [0.1, 0.15) is 5.76 Å². The fraction of sp³-hybridized carbons (Fsp3) is 0.478. The Kier molecular flexibility index (Phi) is 5.88. The Bertz CT molecular complexity index is 837. The van der Waals surface area contributed by atoms with Gasteiger partial charge in [-0.1, -0.05) is 18.6 Å². The maximum absolute atomic E-state index is 13.1. The first-order valence-electron chi connectivity index (χ1n) is 10.5. The Morgan fingerprint density at radius 2 is 1.86 bits per heavy atom. The number of para-hydroxylation sites is 1. The van der Waals surface area contributed by atoms with E-state index in [9.17, 15) is 9.59 Å². The number of rotatable bonds is 6. The van der Waals surface area contributed by atoms with E-state index < -0.39 is 0 Å². The number of anilines is 1. The molecule has 0 unspecified atom stereocenters. The molecule has 1 aromatic heterocycles. The maximum atomic E-state index is 13.1. The minimum atomic E-state index is -0.0163. The van der Waals surface area contributed by atoms with Crippen molar-refractivity contribution in [3.05, 3.63) is 54.0 Å². The summed E-state index contributed by atoms with van der Waals surface area (Å²) in [6.07, 6.45) is 6.68. The van der Waals surface area contributed by atoms with E-state index in [0.29, 0.717) is 12.1 Å². The third kappa shape index (κ3) is 4.47. The molecule has 6 heteroatoms. The minimum Gasteiger partial charge on any atom is -0.467 e. The predicted molar refractivity (Wildman–Crippen MR) is 112 cm³/mol. The van der Waals surface area contributed by atoms with Gasteiger partial charge >= 0.3 is 0 Å². The van der Waals surface area contributed by atoms with Gasteiger partial charge < -0.3 is 19.5 Å². The molecule has 2 amide bonds. The zero-order chi connectivity index (χ0) is 20.2. The molecule has 4 rings (SSSR count). The highest BCUT2D eigenvalue weighted by Gasteiger charge is 2.29. The van der Waals surface area contributed by atoms with Crippen molar-refractivity contribution in [3.63, 3.8) is 0 Å². The molecule has 0 spiro atoms. The standard InChI is InChI=1S/C23H29N3O3/c1-25(16-19-8-5-15-29-19)23(28)20-9-2-3-10-21(20)26-13-11-18(12-14-26)24-22(27)17-6-4-7-17/h2-3,5,8-10,15,17-18H,4,6-7,11-14,16H2,1H3,(H,24,27). The van der Waals surface area contributed by atoms with Crippen LogP contribution in [0.15, 0.2) is 47.1 Å². The van der Waals surface area contributed by atoms with Crippen molar-refractivity contribution < 1.29 is 14.0 Å². The molecule has 154 valence electrons. The molecule has 1 aromatic carbocycles. The second kappa shape index (κ2) is 8.72. The summed E-state index contributed by atoms with van der Waals surface area (Å²) < 4.78 is 5.37. The highest BCUT2D eigenvalue weighted by atomic mass is 16.3. The van der Waals surface area contributed by atoms with Crippen molar-refractivity contribution in [2.24, 2.45) is 5.92 Å². The summed E-state index contributed by atoms with van der Waals surface area (Å²) in [5.74, 6) is 1.21. The Hall–Kier alpha value is -2.76. The van der Waals surface area contributed by atoms with Gasteiger partial charge in [-0.2, -0.15) is 0 Å². The van der Waals surface area contributed by atoms with Crippen LogP contribution in [-0.2, 0) is 11.3 Å². The quantitative estimate of drug-likeness (QED) is 0.814. The molecule has 0 bridgehead atoms. The van der Waals surface area contributed by atoms with Gasteiger partial charge in [-0.05, 0) is 49.9 Å². The number of benzene rings is 1. The number of amides is 2. The van der Waals surface area contributed by atoms with E-state index in [4.69, 9.17) is 4.42 Å². The summed E-state index contributed by atoms with van der Waals surface area (Å²) in [4.78, 5) is 29.2. The van der Waals surface area contributed by atoms with Crippen molar-refractivity contribution in [2.45, 2.75) is 44.7 Å². The lowest BCUT2D eigenvalue weighted by Gasteiger charge is -2.36. The van der Waals surface area contributed by atoms with E-state index >= 15 is 0 Å². The van der Waals surface area contributed by atoms with Crippen LogP contribution in [0.5, 0.6) is 0 Å². The third-order valence-electron chi connectivity index (χ3n) is 6.11. The van der Waals surface area contributed by atoms with Gasteiger partial charge in [-0.25, -0.2) is 0 Å². The minimum absolute atomic E-state index is 0.0163. The molecule has 2 fully saturated rings. The third-order valence-corrected chi connectivity index (χ3v) is 6.11. The van der Waals surface area contributed by atoms with Crippen LogP contribution in [0.3, 0.4) is 0 Å². The molecule has 1 saturated carbocycles. The summed E-state index contributed by atoms with van der Waals surface area (Å²) >= 11 is 0. The van der Waals surface area contributed by atoms with Gasteiger partial charge in [-0.3, -0.25) is 9.59 Å². The van der Waals surface area contributed by atoms with Gasteiger partial charge in [0, 0.05) is 37.8 Å². The summed E-state index contributed by atoms with van der Waals surface area (Å²) in [7, 11) is 1.80. The van der Waals surface area contributed by atoms with E-state index in [1.165, 1.54) is 6.42 Å². The van der Waals surface area contributed by atoms with Crippen LogP contribution in [0, 0.1) is 5.92 Å². The number of carbonyl (C=O) groups excluding carboxylic acids is 2. The molecular weight excluding hydrogens is 366 g/mol. The summed E-state index contributed by atoms with van der Waals surface area (Å²) in [5, 5.41) is 3.22. The van der Waals surface area contributed by atoms with Crippen LogP contribution < -0.4 is 10.2 Å². The maximum Gasteiger partial charge on any atom is 0.256 e. The van der Waals surface area contributed by atoms with E-state index in [1.54, 1.807) is 18.2 Å². The lowest BCUT2D eigenvalue weighted by molar-refractivity contribution is -0.128. The highest BCUT2D eigenvalue weighted by molar-refractivity contribution is 5.99. The molecule has 0 radical (unpaired) electrons. The fourth-order valence-electron chi connectivity index (χ4n) is 4.10. The molecule has 6 nitrogen and oxygen atoms in total. The van der Waals surface area contributed by atoms with E-state index in [-0.39, 0.29) is 23.8 Å². The van der Waals surface area contributed by atoms with E-state index in [1.807, 2.05) is 36.4 Å². The molecule has 0 atom stereocenters. The average Bonchev–Trinajstić information content (AvgIpc) is 3.19. The van der Waals surface area contributed by atoms with Crippen molar-refractivity contribution in [2.75, 3.05) is 25.0 Å². The van der Waals surface area contributed by atoms with Crippen molar-refractivity contribution in [1.29, 1.82) is 0 Å². The van der Waals surface area contributed by atoms with Gasteiger partial charge in [0.2, 0.25) is 5.91 Å². The topological polar surface area (TPSA) is 65.8 Å². The number of piperidine rings is 1. The zero-order valence-electron chi connectivity index (χ0n) is 17.0. The molecule has 2 heterocycles. The Morgan fingerprint density at radius 1 is 1.10 bits per heavy atom. The zero-order valence-corrected chi connectivity index (χ0v) is 17.0. The van der Waals surface area contributed by atoms with Crippen LogP contribution in [0.4, 0.5) is 5.69 Å². The number of hydrogen-bond donors (Lipinski definition) is 1. The molecule has 1 aliphatic carbocycles. The second-order valence-electron chi connectivity index (χ2n) is 8.16. The number of nitrogens with zero attached hydrogens (tertiary/aromatic N) is 2. The second-order valence-corrected chi connectivity index (χ2v) is 8.16. The van der Waals surface area contributed by atoms with Crippen molar-refractivity contribution in [1.82, 2.24) is 10.2 Å². The number of carbonyl (C=O) groups is 2. The smallest absolute Gasteiger partial charge is 0.256 e. The fourth-order valence-corrected chi connectivity index (χ4v) is 4.10. The summed E-state index contributed by atoms with van der Waals surface area (Å²) in [6, 6.07) is 11.7. The first kappa shape index (κ1) is 19.6. The number of furan rings is 1. The summed E-state index contributed by atoms with van der Waals surface area (Å²) in [5.41, 5.74) is 1.67. The van der Waals surface area contributed by atoms with Crippen LogP contribution in [-0.4, -0.2) is 42.9 Å². The van der Waals surface area contributed by atoms with Gasteiger partial charge in [0.05, 0.1) is 18.4 Å². The van der Waals surface area contributed by atoms with Crippen molar-refractivity contribution in [3.8, 4) is 0 Å². The van der Waals surface area contributed by atoms with Gasteiger partial charge in [0.25, 0.3) is 5.91 Å². The van der Waals surface area contributed by atoms with Crippen molar-refractivity contribution >= 4 is 17.5 Å². The van der Waals surface area contributed by atoms with Crippen LogP contribution in [0.1, 0.15) is 48.2 Å². The molecule has 1 aliphatic heterocycles. The molecule has 1 N–H and O–H groups in total. The lowest BCUT2D eigenvalue weighted by atomic mass is 9.84. The Balaban J connectivity index is 1.38. The highest BCUT2D eigenvalue weighted by Crippen LogP contribution is 2.28. The van der Waals surface area contributed by atoms with E-state index in [2.05, 4.69) is 10.2 Å². The molecule has 29 heavy (non-hydrogen) atoms. The molecular formula is C23H29N3O3. The SMILES string of the molecule is CN(Cc1ccco1)C(=O)c1ccccc1N1CCC(NC(=O)C2CCC2)CC1. The first-order valence-corrected chi connectivity index (χ1v) is 10.5. The Morgan fingerprint density at radius 3 is 2.52 bits per heavy atom. The molecule has 2 aromatic rings. The molecule has 2 aliphatic rings. The largest absolute Gasteiger partial charge is 0.467 e. The normalized spacial score (nSPS) is 17.6. The van der Waals surface area contributed by atoms with Gasteiger partial charge in [0.15, 0.2) is 0 Å². The van der Waals surface area contributed by atoms with Gasteiger partial charge in [-0.15, -0.1) is 0 Å². The number of hydrogen-bond acceptors (Lipinski definition) is 4. The summed E-state index contributed by atoms with van der Waals surface area (Å²) in [6.45, 7) is 2.11. The van der Waals surface area contributed by atoms with E-state index in [0.717, 1.165) is 50.2 Å². The Labute approximate surface area is 171 Å². The van der Waals surface area contributed by atoms with Crippen LogP contribution >= 0.6 is 0 Å².